The molecule has 0 saturated carbocycles. The van der Waals surface area contributed by atoms with Crippen LogP contribution in [0.3, 0.4) is 0 Å². The van der Waals surface area contributed by atoms with Crippen molar-refractivity contribution in [3.63, 3.8) is 0 Å². The van der Waals surface area contributed by atoms with Gasteiger partial charge in [0.2, 0.25) is 0 Å². The highest BCUT2D eigenvalue weighted by atomic mass is 35.5. The Labute approximate surface area is 146 Å². The molecule has 0 radical (unpaired) electrons. The first-order chi connectivity index (χ1) is 11.7. The lowest BCUT2D eigenvalue weighted by molar-refractivity contribution is -0.138. The van der Waals surface area contributed by atoms with Crippen molar-refractivity contribution in [2.75, 3.05) is 31.1 Å². The van der Waals surface area contributed by atoms with E-state index in [1.807, 2.05) is 47.4 Å². The van der Waals surface area contributed by atoms with Crippen molar-refractivity contribution < 1.29 is 9.53 Å². The number of carbonyl (C=O) groups is 1. The lowest BCUT2D eigenvalue weighted by atomic mass is 10.1. The van der Waals surface area contributed by atoms with E-state index < -0.39 is 0 Å². The third-order valence-electron chi connectivity index (χ3n) is 4.69. The van der Waals surface area contributed by atoms with Crippen LogP contribution in [-0.2, 0) is 11.2 Å². The first-order valence-electron chi connectivity index (χ1n) is 8.24. The van der Waals surface area contributed by atoms with Gasteiger partial charge in [-0.2, -0.15) is 0 Å². The molecule has 24 heavy (non-hydrogen) atoms. The fraction of sp³-hybridized carbons (Fsp3) is 0.316. The van der Waals surface area contributed by atoms with E-state index in [1.165, 1.54) is 0 Å². The van der Waals surface area contributed by atoms with E-state index in [9.17, 15) is 4.79 Å². The van der Waals surface area contributed by atoms with Gasteiger partial charge >= 0.3 is 0 Å². The SMILES string of the molecule is O=C([C@H]1Cc2ccccc2O1)N1CCN(c2cccc(Cl)c2)CC1. The van der Waals surface area contributed by atoms with E-state index in [0.717, 1.165) is 35.1 Å². The average molecular weight is 343 g/mol. The molecule has 0 aromatic heterocycles. The maximum atomic E-state index is 12.7. The highest BCUT2D eigenvalue weighted by Crippen LogP contribution is 2.29. The quantitative estimate of drug-likeness (QED) is 0.841. The molecular formula is C19H19ClN2O2. The Hall–Kier alpha value is -2.20. The molecule has 2 aromatic carbocycles. The summed E-state index contributed by atoms with van der Waals surface area (Å²) in [6.45, 7) is 3.04. The summed E-state index contributed by atoms with van der Waals surface area (Å²) in [6, 6.07) is 15.7. The number of nitrogens with zero attached hydrogens (tertiary/aromatic N) is 2. The van der Waals surface area contributed by atoms with Crippen molar-refractivity contribution in [3.05, 3.63) is 59.1 Å². The van der Waals surface area contributed by atoms with Crippen LogP contribution in [0.4, 0.5) is 5.69 Å². The molecule has 2 aliphatic rings. The molecule has 0 bridgehead atoms. The molecule has 0 unspecified atom stereocenters. The number of para-hydroxylation sites is 1. The monoisotopic (exact) mass is 342 g/mol. The van der Waals surface area contributed by atoms with Crippen molar-refractivity contribution in [2.45, 2.75) is 12.5 Å². The average Bonchev–Trinajstić information content (AvgIpc) is 3.05. The van der Waals surface area contributed by atoms with Gasteiger partial charge in [0.15, 0.2) is 6.10 Å². The van der Waals surface area contributed by atoms with Gasteiger partial charge < -0.3 is 14.5 Å². The molecule has 0 N–H and O–H groups in total. The summed E-state index contributed by atoms with van der Waals surface area (Å²) in [7, 11) is 0. The lowest BCUT2D eigenvalue weighted by Crippen LogP contribution is -2.52. The molecule has 1 saturated heterocycles. The maximum absolute atomic E-state index is 12.7. The molecule has 5 heteroatoms. The van der Waals surface area contributed by atoms with Gasteiger partial charge in [0, 0.05) is 43.3 Å². The first-order valence-corrected chi connectivity index (χ1v) is 8.62. The fourth-order valence-corrected chi connectivity index (χ4v) is 3.57. The van der Waals surface area contributed by atoms with E-state index in [1.54, 1.807) is 0 Å². The summed E-state index contributed by atoms with van der Waals surface area (Å²) in [4.78, 5) is 16.9. The van der Waals surface area contributed by atoms with Crippen LogP contribution in [0.5, 0.6) is 5.75 Å². The number of anilines is 1. The van der Waals surface area contributed by atoms with E-state index in [-0.39, 0.29) is 12.0 Å². The molecule has 2 aromatic rings. The first kappa shape index (κ1) is 15.3. The topological polar surface area (TPSA) is 32.8 Å². The van der Waals surface area contributed by atoms with Gasteiger partial charge in [-0.15, -0.1) is 0 Å². The number of piperazine rings is 1. The van der Waals surface area contributed by atoms with Gasteiger partial charge in [0.1, 0.15) is 5.75 Å². The summed E-state index contributed by atoms with van der Waals surface area (Å²) in [5.74, 6) is 0.936. The van der Waals surface area contributed by atoms with E-state index in [0.29, 0.717) is 19.5 Å². The number of hydrogen-bond donors (Lipinski definition) is 0. The molecule has 1 fully saturated rings. The maximum Gasteiger partial charge on any atom is 0.264 e. The molecule has 2 heterocycles. The van der Waals surface area contributed by atoms with Crippen LogP contribution in [-0.4, -0.2) is 43.1 Å². The molecule has 4 nitrogen and oxygen atoms in total. The van der Waals surface area contributed by atoms with Crippen LogP contribution < -0.4 is 9.64 Å². The number of rotatable bonds is 2. The highest BCUT2D eigenvalue weighted by molar-refractivity contribution is 6.30. The zero-order valence-electron chi connectivity index (χ0n) is 13.3. The summed E-state index contributed by atoms with van der Waals surface area (Å²) in [5.41, 5.74) is 2.23. The summed E-state index contributed by atoms with van der Waals surface area (Å²) < 4.78 is 5.83. The van der Waals surface area contributed by atoms with Crippen LogP contribution in [0.1, 0.15) is 5.56 Å². The van der Waals surface area contributed by atoms with Crippen molar-refractivity contribution in [1.29, 1.82) is 0 Å². The van der Waals surface area contributed by atoms with Crippen molar-refractivity contribution >= 4 is 23.2 Å². The standard InChI is InChI=1S/C19H19ClN2O2/c20-15-5-3-6-16(13-15)21-8-10-22(11-9-21)19(23)18-12-14-4-1-2-7-17(14)24-18/h1-7,13,18H,8-12H2/t18-/m1/s1. The molecule has 1 atom stereocenters. The van der Waals surface area contributed by atoms with Gasteiger partial charge in [0.05, 0.1) is 0 Å². The summed E-state index contributed by atoms with van der Waals surface area (Å²) in [5, 5.41) is 0.739. The Morgan fingerprint density at radius 2 is 1.83 bits per heavy atom. The molecule has 0 aliphatic carbocycles. The number of carbonyl (C=O) groups excluding carboxylic acids is 1. The van der Waals surface area contributed by atoms with Gasteiger partial charge in [-0.3, -0.25) is 4.79 Å². The smallest absolute Gasteiger partial charge is 0.264 e. The van der Waals surface area contributed by atoms with Crippen molar-refractivity contribution in [3.8, 4) is 5.75 Å². The third kappa shape index (κ3) is 2.94. The van der Waals surface area contributed by atoms with Crippen LogP contribution in [0.2, 0.25) is 5.02 Å². The zero-order valence-corrected chi connectivity index (χ0v) is 14.1. The van der Waals surface area contributed by atoms with Crippen LogP contribution in [0.25, 0.3) is 0 Å². The Balaban J connectivity index is 1.37. The molecule has 0 spiro atoms. The number of fused-ring (bicyclic) bond motifs is 1. The van der Waals surface area contributed by atoms with Crippen LogP contribution >= 0.6 is 11.6 Å². The Kier molecular flexibility index (Phi) is 4.07. The van der Waals surface area contributed by atoms with Crippen molar-refractivity contribution in [1.82, 2.24) is 4.90 Å². The van der Waals surface area contributed by atoms with Gasteiger partial charge in [-0.05, 0) is 29.8 Å². The van der Waals surface area contributed by atoms with Gasteiger partial charge in [-0.1, -0.05) is 35.9 Å². The normalized spacial score (nSPS) is 19.8. The summed E-state index contributed by atoms with van der Waals surface area (Å²) in [6.07, 6.45) is 0.295. The van der Waals surface area contributed by atoms with E-state index in [4.69, 9.17) is 16.3 Å². The summed E-state index contributed by atoms with van der Waals surface area (Å²) >= 11 is 6.07. The second kappa shape index (κ2) is 6.36. The minimum Gasteiger partial charge on any atom is -0.480 e. The lowest BCUT2D eigenvalue weighted by Gasteiger charge is -2.37. The predicted molar refractivity (Wildman–Crippen MR) is 94.8 cm³/mol. The molecule has 124 valence electrons. The third-order valence-corrected chi connectivity index (χ3v) is 4.92. The second-order valence-corrected chi connectivity index (χ2v) is 6.65. The number of ether oxygens (including phenoxy) is 1. The molecule has 2 aliphatic heterocycles. The number of hydrogen-bond acceptors (Lipinski definition) is 3. The Morgan fingerprint density at radius 1 is 1.04 bits per heavy atom. The van der Waals surface area contributed by atoms with Gasteiger partial charge in [-0.25, -0.2) is 0 Å². The zero-order chi connectivity index (χ0) is 16.5. The van der Waals surface area contributed by atoms with E-state index in [2.05, 4.69) is 11.0 Å². The van der Waals surface area contributed by atoms with E-state index >= 15 is 0 Å². The highest BCUT2D eigenvalue weighted by Gasteiger charge is 2.33. The molecule has 4 rings (SSSR count). The molecular weight excluding hydrogens is 324 g/mol. The number of halogens is 1. The van der Waals surface area contributed by atoms with Crippen LogP contribution in [0.15, 0.2) is 48.5 Å². The van der Waals surface area contributed by atoms with Crippen molar-refractivity contribution in [2.24, 2.45) is 0 Å². The van der Waals surface area contributed by atoms with Gasteiger partial charge in [0.25, 0.3) is 5.91 Å². The number of amides is 1. The minimum absolute atomic E-state index is 0.0944. The Bertz CT molecular complexity index is 732. The number of benzene rings is 2. The van der Waals surface area contributed by atoms with Crippen LogP contribution in [0, 0.1) is 0 Å². The Morgan fingerprint density at radius 3 is 2.58 bits per heavy atom. The predicted octanol–water partition coefficient (Wildman–Crippen LogP) is 2.99. The largest absolute Gasteiger partial charge is 0.480 e. The second-order valence-electron chi connectivity index (χ2n) is 6.21. The minimum atomic E-state index is -0.375. The fourth-order valence-electron chi connectivity index (χ4n) is 3.38. The molecule has 1 amide bonds.